The highest BCUT2D eigenvalue weighted by atomic mass is 16.6. The van der Waals surface area contributed by atoms with Crippen LogP contribution in [0.1, 0.15) is 64.2 Å². The van der Waals surface area contributed by atoms with E-state index in [-0.39, 0.29) is 12.5 Å². The number of carbonyl (C=O) groups is 3. The summed E-state index contributed by atoms with van der Waals surface area (Å²) in [7, 11) is 0. The largest absolute Gasteiger partial charge is 0.444 e. The maximum Gasteiger partial charge on any atom is 0.307 e. The Hall–Kier alpha value is -1.43. The van der Waals surface area contributed by atoms with Gasteiger partial charge < -0.3 is 15.2 Å². The highest BCUT2D eigenvalue weighted by molar-refractivity contribution is 6.08. The lowest BCUT2D eigenvalue weighted by Gasteiger charge is -2.13. The topological polar surface area (TPSA) is 99.0 Å². The molecule has 6 nitrogen and oxygen atoms in total. The Bertz CT molecular complexity index is 423. The van der Waals surface area contributed by atoms with Crippen LogP contribution in [0.15, 0.2) is 0 Å². The van der Waals surface area contributed by atoms with Gasteiger partial charge in [0.05, 0.1) is 6.10 Å². The van der Waals surface area contributed by atoms with Crippen molar-refractivity contribution in [1.82, 2.24) is 0 Å². The first-order valence-corrected chi connectivity index (χ1v) is 8.27. The fourth-order valence-corrected chi connectivity index (χ4v) is 2.88. The van der Waals surface area contributed by atoms with Crippen LogP contribution in [0.2, 0.25) is 0 Å². The molecule has 0 aromatic carbocycles. The predicted molar refractivity (Wildman–Crippen MR) is 78.9 cm³/mol. The summed E-state index contributed by atoms with van der Waals surface area (Å²) in [6.45, 7) is 0. The second-order valence-electron chi connectivity index (χ2n) is 6.14. The Morgan fingerprint density at radius 2 is 1.55 bits per heavy atom. The van der Waals surface area contributed by atoms with Gasteiger partial charge in [-0.25, -0.2) is 0 Å². The van der Waals surface area contributed by atoms with Crippen LogP contribution >= 0.6 is 0 Å². The summed E-state index contributed by atoms with van der Waals surface area (Å²) in [5.74, 6) is -1.98. The van der Waals surface area contributed by atoms with Gasteiger partial charge in [0.25, 0.3) is 5.91 Å². The van der Waals surface area contributed by atoms with Crippen LogP contribution in [-0.2, 0) is 23.9 Å². The summed E-state index contributed by atoms with van der Waals surface area (Å²) in [6, 6.07) is 0. The molecule has 2 aliphatic rings. The van der Waals surface area contributed by atoms with Gasteiger partial charge in [-0.15, -0.1) is 0 Å². The molecular weight excluding hydrogens is 286 g/mol. The van der Waals surface area contributed by atoms with Gasteiger partial charge in [0.2, 0.25) is 11.9 Å². The number of nitrogens with two attached hydrogens (primary N) is 1. The lowest BCUT2D eigenvalue weighted by atomic mass is 10.0. The van der Waals surface area contributed by atoms with Crippen molar-refractivity contribution in [3.05, 3.63) is 0 Å². The quantitative estimate of drug-likeness (QED) is 0.451. The summed E-state index contributed by atoms with van der Waals surface area (Å²) in [6.07, 6.45) is 7.21. The van der Waals surface area contributed by atoms with E-state index in [4.69, 9.17) is 15.2 Å². The van der Waals surface area contributed by atoms with Crippen molar-refractivity contribution >= 4 is 17.7 Å². The third-order valence-corrected chi connectivity index (χ3v) is 4.25. The Labute approximate surface area is 130 Å². The van der Waals surface area contributed by atoms with Crippen molar-refractivity contribution in [1.29, 1.82) is 0 Å². The van der Waals surface area contributed by atoms with E-state index in [1.807, 2.05) is 0 Å². The van der Waals surface area contributed by atoms with Crippen LogP contribution in [0.5, 0.6) is 0 Å². The molecule has 6 heteroatoms. The maximum atomic E-state index is 12.2. The number of hydrogen-bond acceptors (Lipinski definition) is 5. The zero-order valence-electron chi connectivity index (χ0n) is 12.9. The number of ketones is 1. The van der Waals surface area contributed by atoms with Gasteiger partial charge in [-0.05, 0) is 12.8 Å². The molecule has 0 aliphatic carbocycles. The minimum atomic E-state index is -1.50. The summed E-state index contributed by atoms with van der Waals surface area (Å²) < 4.78 is 10.3. The van der Waals surface area contributed by atoms with Crippen molar-refractivity contribution in [2.45, 2.75) is 82.5 Å². The molecular formula is C16H25NO5. The zero-order chi connectivity index (χ0) is 15.9. The van der Waals surface area contributed by atoms with E-state index in [2.05, 4.69) is 0 Å². The number of ether oxygens (including phenoxy) is 2. The molecule has 0 spiro atoms. The average molecular weight is 311 g/mol. The molecule has 124 valence electrons. The number of esters is 1. The molecule has 0 saturated carbocycles. The molecule has 1 amide bonds. The smallest absolute Gasteiger partial charge is 0.307 e. The molecule has 0 aromatic heterocycles. The molecule has 3 atom stereocenters. The number of fused-ring (bicyclic) bond motifs is 1. The Morgan fingerprint density at radius 3 is 2.18 bits per heavy atom. The molecule has 2 rings (SSSR count). The van der Waals surface area contributed by atoms with Crippen LogP contribution < -0.4 is 5.73 Å². The lowest BCUT2D eigenvalue weighted by Crippen LogP contribution is -2.42. The van der Waals surface area contributed by atoms with Gasteiger partial charge in [0.15, 0.2) is 0 Å². The Kier molecular flexibility index (Phi) is 6.36. The van der Waals surface area contributed by atoms with E-state index in [1.165, 1.54) is 19.3 Å². The van der Waals surface area contributed by atoms with E-state index in [9.17, 15) is 14.4 Å². The van der Waals surface area contributed by atoms with Gasteiger partial charge in [-0.2, -0.15) is 0 Å². The first kappa shape index (κ1) is 16.9. The number of amides is 1. The summed E-state index contributed by atoms with van der Waals surface area (Å²) in [5, 5.41) is 0. The van der Waals surface area contributed by atoms with Crippen molar-refractivity contribution in [3.8, 4) is 0 Å². The number of epoxide rings is 1. The van der Waals surface area contributed by atoms with E-state index in [0.29, 0.717) is 6.42 Å². The fraction of sp³-hybridized carbons (Fsp3) is 0.812. The maximum absolute atomic E-state index is 12.2. The number of carbonyl (C=O) groups excluding carboxylic acids is 3. The number of cyclic esters (lactones) is 1. The second kappa shape index (κ2) is 8.27. The molecule has 22 heavy (non-hydrogen) atoms. The van der Waals surface area contributed by atoms with E-state index in [1.54, 1.807) is 0 Å². The molecule has 2 aliphatic heterocycles. The summed E-state index contributed by atoms with van der Waals surface area (Å²) in [5.41, 5.74) is 5.19. The highest BCUT2D eigenvalue weighted by Gasteiger charge is 2.49. The molecule has 2 heterocycles. The van der Waals surface area contributed by atoms with Gasteiger partial charge in [0, 0.05) is 6.42 Å². The summed E-state index contributed by atoms with van der Waals surface area (Å²) >= 11 is 0. The third kappa shape index (κ3) is 5.09. The van der Waals surface area contributed by atoms with Crippen LogP contribution in [0.4, 0.5) is 0 Å². The zero-order valence-corrected chi connectivity index (χ0v) is 12.9. The minimum absolute atomic E-state index is 0.152. The molecule has 2 N–H and O–H groups in total. The van der Waals surface area contributed by atoms with Gasteiger partial charge >= 0.3 is 5.97 Å². The highest BCUT2D eigenvalue weighted by Crippen LogP contribution is 2.30. The van der Waals surface area contributed by atoms with Crippen molar-refractivity contribution in [2.24, 2.45) is 5.73 Å². The normalized spacial score (nSPS) is 31.9. The second-order valence-corrected chi connectivity index (χ2v) is 6.14. The predicted octanol–water partition coefficient (Wildman–Crippen LogP) is 1.63. The molecule has 0 aromatic rings. The number of Topliss-reactive ketones (excluding diaryl/α,β-unsaturated/α-hetero) is 1. The Morgan fingerprint density at radius 1 is 0.955 bits per heavy atom. The van der Waals surface area contributed by atoms with E-state index < -0.39 is 29.9 Å². The SMILES string of the molecule is NC(=O)C1OC(=O)CCCCCCCCCCC2OC2C1=O. The van der Waals surface area contributed by atoms with Crippen LogP contribution in [0.25, 0.3) is 0 Å². The number of primary amides is 1. The monoisotopic (exact) mass is 311 g/mol. The average Bonchev–Trinajstić information content (AvgIpc) is 3.24. The van der Waals surface area contributed by atoms with E-state index >= 15 is 0 Å². The summed E-state index contributed by atoms with van der Waals surface area (Å²) in [4.78, 5) is 35.3. The molecule has 3 unspecified atom stereocenters. The molecule has 0 radical (unpaired) electrons. The fourth-order valence-electron chi connectivity index (χ4n) is 2.88. The first-order chi connectivity index (χ1) is 10.6. The molecule has 0 bridgehead atoms. The number of rotatable bonds is 1. The van der Waals surface area contributed by atoms with Gasteiger partial charge in [0.1, 0.15) is 6.10 Å². The van der Waals surface area contributed by atoms with Crippen LogP contribution in [0.3, 0.4) is 0 Å². The van der Waals surface area contributed by atoms with Crippen LogP contribution in [0, 0.1) is 0 Å². The van der Waals surface area contributed by atoms with Gasteiger partial charge in [-0.3, -0.25) is 14.4 Å². The third-order valence-electron chi connectivity index (χ3n) is 4.25. The van der Waals surface area contributed by atoms with Crippen LogP contribution in [-0.4, -0.2) is 36.0 Å². The van der Waals surface area contributed by atoms with E-state index in [0.717, 1.165) is 32.1 Å². The first-order valence-electron chi connectivity index (χ1n) is 8.27. The standard InChI is InChI=1S/C16H25NO5/c17-16(20)15-13(19)14-11(21-14)9-7-5-3-1-2-4-6-8-10-12(18)22-15/h11,14-15H,1-10H2,(H2,17,20). The molecule has 2 fully saturated rings. The molecule has 2 saturated heterocycles. The van der Waals surface area contributed by atoms with Crippen molar-refractivity contribution in [3.63, 3.8) is 0 Å². The number of hydrogen-bond donors (Lipinski definition) is 1. The minimum Gasteiger partial charge on any atom is -0.444 e. The Balaban J connectivity index is 1.93. The van der Waals surface area contributed by atoms with Crippen molar-refractivity contribution in [2.75, 3.05) is 0 Å². The van der Waals surface area contributed by atoms with Gasteiger partial charge in [-0.1, -0.05) is 44.9 Å². The lowest BCUT2D eigenvalue weighted by molar-refractivity contribution is -0.160. The van der Waals surface area contributed by atoms with Crippen molar-refractivity contribution < 1.29 is 23.9 Å².